The van der Waals surface area contributed by atoms with Crippen molar-refractivity contribution in [1.82, 2.24) is 0 Å². The van der Waals surface area contributed by atoms with Gasteiger partial charge in [-0.3, -0.25) is 0 Å². The van der Waals surface area contributed by atoms with Crippen LogP contribution in [-0.2, 0) is 4.84 Å². The van der Waals surface area contributed by atoms with Gasteiger partial charge in [-0.1, -0.05) is 51.6 Å². The fourth-order valence-electron chi connectivity index (χ4n) is 1.61. The van der Waals surface area contributed by atoms with Crippen LogP contribution in [0.2, 0.25) is 10.0 Å². The lowest BCUT2D eigenvalue weighted by Gasteiger charge is -2.14. The van der Waals surface area contributed by atoms with Crippen molar-refractivity contribution in [3.63, 3.8) is 0 Å². The van der Waals surface area contributed by atoms with Crippen LogP contribution in [0.15, 0.2) is 26.3 Å². The van der Waals surface area contributed by atoms with Crippen LogP contribution in [0.5, 0.6) is 11.5 Å². The van der Waals surface area contributed by atoms with Gasteiger partial charge in [-0.2, -0.15) is 0 Å². The van der Waals surface area contributed by atoms with E-state index < -0.39 is 0 Å². The number of ether oxygens (including phenoxy) is 2. The zero-order chi connectivity index (χ0) is 18.8. The minimum atomic E-state index is 0.122. The van der Waals surface area contributed by atoms with E-state index in [2.05, 4.69) is 21.1 Å². The highest BCUT2D eigenvalue weighted by molar-refractivity contribution is 9.10. The van der Waals surface area contributed by atoms with Crippen molar-refractivity contribution in [2.24, 2.45) is 5.16 Å². The number of benzene rings is 1. The van der Waals surface area contributed by atoms with E-state index in [4.69, 9.17) is 60.7 Å². The summed E-state index contributed by atoms with van der Waals surface area (Å²) >= 11 is 27.0. The molecule has 0 aliphatic carbocycles. The van der Waals surface area contributed by atoms with Gasteiger partial charge in [0.15, 0.2) is 5.75 Å². The van der Waals surface area contributed by atoms with E-state index in [9.17, 15) is 0 Å². The molecule has 0 radical (unpaired) electrons. The summed E-state index contributed by atoms with van der Waals surface area (Å²) in [7, 11) is 0. The Morgan fingerprint density at radius 2 is 1.84 bits per heavy atom. The summed E-state index contributed by atoms with van der Waals surface area (Å²) in [4.78, 5) is 5.12. The van der Waals surface area contributed by atoms with E-state index in [1.54, 1.807) is 6.07 Å². The van der Waals surface area contributed by atoms with Gasteiger partial charge in [-0.05, 0) is 48.7 Å². The molecule has 0 aromatic heterocycles. The van der Waals surface area contributed by atoms with Gasteiger partial charge < -0.3 is 14.3 Å². The fraction of sp³-hybridized carbons (Fsp3) is 0.438. The second kappa shape index (κ2) is 12.1. The Morgan fingerprint density at radius 3 is 2.48 bits per heavy atom. The Balaban J connectivity index is 2.56. The number of halogens is 5. The normalized spacial score (nSPS) is 10.2. The molecular weight excluding hydrogens is 476 g/mol. The third kappa shape index (κ3) is 8.74. The largest absolute Gasteiger partial charge is 0.490 e. The number of hydrogen-bond acceptors (Lipinski definition) is 4. The maximum atomic E-state index is 6.30. The van der Waals surface area contributed by atoms with E-state index in [-0.39, 0.29) is 11.1 Å². The van der Waals surface area contributed by atoms with Gasteiger partial charge in [-0.15, -0.1) is 0 Å². The van der Waals surface area contributed by atoms with Crippen LogP contribution in [0, 0.1) is 0 Å². The topological polar surface area (TPSA) is 40.0 Å². The number of rotatable bonds is 10. The lowest BCUT2D eigenvalue weighted by atomic mass is 10.3. The number of hydrogen-bond donors (Lipinski definition) is 0. The molecule has 0 heterocycles. The molecule has 0 fully saturated rings. The second-order valence-electron chi connectivity index (χ2n) is 5.05. The molecule has 1 aromatic carbocycles. The third-order valence-electron chi connectivity index (χ3n) is 2.68. The number of unbranched alkanes of at least 4 members (excludes halogenated alkanes) is 1. The Bertz CT molecular complexity index is 630. The van der Waals surface area contributed by atoms with E-state index in [0.717, 1.165) is 18.6 Å². The fourth-order valence-corrected chi connectivity index (χ4v) is 2.69. The quantitative estimate of drug-likeness (QED) is 0.152. The van der Waals surface area contributed by atoms with Crippen molar-refractivity contribution in [3.05, 3.63) is 31.2 Å². The van der Waals surface area contributed by atoms with Crippen LogP contribution >= 0.6 is 62.3 Å². The molecule has 140 valence electrons. The minimum Gasteiger partial charge on any atom is -0.490 e. The van der Waals surface area contributed by atoms with Crippen molar-refractivity contribution in [3.8, 4) is 11.5 Å². The molecule has 0 amide bonds. The molecule has 0 unspecified atom stereocenters. The van der Waals surface area contributed by atoms with Gasteiger partial charge in [0.25, 0.3) is 0 Å². The van der Waals surface area contributed by atoms with E-state index >= 15 is 0 Å². The molecular formula is C16H18BrCl4NO3. The van der Waals surface area contributed by atoms with Crippen LogP contribution in [0.3, 0.4) is 0 Å². The monoisotopic (exact) mass is 491 g/mol. The standard InChI is InChI=1S/C16H18BrCl4NO3/c1-10(2)22-25-7-4-3-6-24-16-11(18)9-12(14(17)15(16)21)23-8-5-13(19)20/h5,9H,3-4,6-8H2,1-2H3. The molecule has 4 nitrogen and oxygen atoms in total. The first-order valence-corrected chi connectivity index (χ1v) is 9.70. The van der Waals surface area contributed by atoms with Crippen molar-refractivity contribution in [2.75, 3.05) is 19.8 Å². The van der Waals surface area contributed by atoms with Crippen LogP contribution in [-0.4, -0.2) is 25.5 Å². The predicted molar refractivity (Wildman–Crippen MR) is 109 cm³/mol. The first kappa shape index (κ1) is 22.7. The SMILES string of the molecule is CC(C)=NOCCCCOc1c(Cl)cc(OCC=C(Cl)Cl)c(Br)c1Cl. The van der Waals surface area contributed by atoms with Gasteiger partial charge in [-0.25, -0.2) is 0 Å². The van der Waals surface area contributed by atoms with E-state index in [1.165, 1.54) is 6.08 Å². The molecule has 0 aliphatic rings. The maximum absolute atomic E-state index is 6.30. The molecule has 0 atom stereocenters. The Kier molecular flexibility index (Phi) is 11.0. The number of oxime groups is 1. The average Bonchev–Trinajstić information content (AvgIpc) is 2.53. The van der Waals surface area contributed by atoms with Crippen molar-refractivity contribution < 1.29 is 14.3 Å². The first-order valence-electron chi connectivity index (χ1n) is 7.40. The molecule has 0 bridgehead atoms. The van der Waals surface area contributed by atoms with Crippen LogP contribution in [0.25, 0.3) is 0 Å². The molecule has 1 rings (SSSR count). The third-order valence-corrected chi connectivity index (χ3v) is 4.65. The molecule has 9 heteroatoms. The predicted octanol–water partition coefficient (Wildman–Crippen LogP) is 7.03. The highest BCUT2D eigenvalue weighted by Gasteiger charge is 2.16. The Labute approximate surface area is 176 Å². The lowest BCUT2D eigenvalue weighted by Crippen LogP contribution is -2.02. The summed E-state index contributed by atoms with van der Waals surface area (Å²) in [6, 6.07) is 1.62. The lowest BCUT2D eigenvalue weighted by molar-refractivity contribution is 0.135. The smallest absolute Gasteiger partial charge is 0.157 e. The molecule has 0 aliphatic heterocycles. The average molecular weight is 494 g/mol. The summed E-state index contributed by atoms with van der Waals surface area (Å²) in [5, 5.41) is 4.55. The zero-order valence-corrected chi connectivity index (χ0v) is 18.4. The maximum Gasteiger partial charge on any atom is 0.157 e. The second-order valence-corrected chi connectivity index (χ2v) is 7.63. The van der Waals surface area contributed by atoms with Crippen molar-refractivity contribution in [2.45, 2.75) is 26.7 Å². The van der Waals surface area contributed by atoms with Gasteiger partial charge in [0.1, 0.15) is 28.5 Å². The highest BCUT2D eigenvalue weighted by atomic mass is 79.9. The van der Waals surface area contributed by atoms with Gasteiger partial charge in [0.2, 0.25) is 0 Å². The first-order chi connectivity index (χ1) is 11.8. The Hall–Kier alpha value is -0.330. The Morgan fingerprint density at radius 1 is 1.16 bits per heavy atom. The van der Waals surface area contributed by atoms with Crippen LogP contribution in [0.4, 0.5) is 0 Å². The molecule has 0 N–H and O–H groups in total. The van der Waals surface area contributed by atoms with Gasteiger partial charge >= 0.3 is 0 Å². The minimum absolute atomic E-state index is 0.122. The van der Waals surface area contributed by atoms with Crippen LogP contribution in [0.1, 0.15) is 26.7 Å². The zero-order valence-electron chi connectivity index (χ0n) is 13.8. The summed E-state index contributed by atoms with van der Waals surface area (Å²) < 4.78 is 11.9. The van der Waals surface area contributed by atoms with E-state index in [1.807, 2.05) is 13.8 Å². The summed E-state index contributed by atoms with van der Waals surface area (Å²) in [6.45, 7) is 4.92. The molecule has 0 saturated carbocycles. The van der Waals surface area contributed by atoms with Crippen LogP contribution < -0.4 is 9.47 Å². The summed E-state index contributed by atoms with van der Waals surface area (Å²) in [6.07, 6.45) is 3.09. The molecule has 0 spiro atoms. The molecule has 0 saturated heterocycles. The summed E-state index contributed by atoms with van der Waals surface area (Å²) in [5.74, 6) is 0.867. The van der Waals surface area contributed by atoms with Gasteiger partial charge in [0.05, 0.1) is 21.8 Å². The van der Waals surface area contributed by atoms with Crippen molar-refractivity contribution >= 4 is 68.0 Å². The molecule has 25 heavy (non-hydrogen) atoms. The number of nitrogens with zero attached hydrogens (tertiary/aromatic N) is 1. The van der Waals surface area contributed by atoms with Gasteiger partial charge in [0, 0.05) is 6.07 Å². The van der Waals surface area contributed by atoms with E-state index in [0.29, 0.717) is 39.2 Å². The van der Waals surface area contributed by atoms with Crippen molar-refractivity contribution in [1.29, 1.82) is 0 Å². The summed E-state index contributed by atoms with van der Waals surface area (Å²) in [5.41, 5.74) is 0.880. The highest BCUT2D eigenvalue weighted by Crippen LogP contribution is 2.44. The molecule has 1 aromatic rings.